The van der Waals surface area contributed by atoms with E-state index >= 15 is 0 Å². The smallest absolute Gasteiger partial charge is 0.328 e. The van der Waals surface area contributed by atoms with E-state index in [0.29, 0.717) is 6.42 Å². The van der Waals surface area contributed by atoms with Crippen LogP contribution in [0.15, 0.2) is 0 Å². The number of methoxy groups -OCH3 is 1. The molecule has 0 bridgehead atoms. The summed E-state index contributed by atoms with van der Waals surface area (Å²) in [5, 5.41) is 2.59. The highest BCUT2D eigenvalue weighted by Crippen LogP contribution is 2.20. The molecule has 2 atom stereocenters. The molecule has 0 aliphatic carbocycles. The predicted octanol–water partition coefficient (Wildman–Crippen LogP) is 0.0741. The van der Waals surface area contributed by atoms with Gasteiger partial charge in [-0.05, 0) is 5.92 Å². The van der Waals surface area contributed by atoms with Gasteiger partial charge in [-0.3, -0.25) is 4.79 Å². The first-order valence-corrected chi connectivity index (χ1v) is 4.06. The van der Waals surface area contributed by atoms with Crippen LogP contribution in [-0.2, 0) is 14.3 Å². The highest BCUT2D eigenvalue weighted by molar-refractivity contribution is 5.88. The van der Waals surface area contributed by atoms with Crippen LogP contribution in [-0.4, -0.2) is 25.0 Å². The van der Waals surface area contributed by atoms with E-state index in [1.165, 1.54) is 7.11 Å². The maximum absolute atomic E-state index is 11.1. The van der Waals surface area contributed by atoms with E-state index < -0.39 is 6.04 Å². The first-order chi connectivity index (χ1) is 5.69. The van der Waals surface area contributed by atoms with Crippen molar-refractivity contribution in [2.24, 2.45) is 5.92 Å². The second kappa shape index (κ2) is 3.56. The van der Waals surface area contributed by atoms with Gasteiger partial charge in [0.05, 0.1) is 7.11 Å². The van der Waals surface area contributed by atoms with Crippen molar-refractivity contribution in [1.29, 1.82) is 0 Å². The molecule has 0 aromatic carbocycles. The minimum absolute atomic E-state index is 0.0581. The van der Waals surface area contributed by atoms with Gasteiger partial charge in [0.15, 0.2) is 0 Å². The van der Waals surface area contributed by atoms with E-state index in [9.17, 15) is 9.59 Å². The number of amides is 1. The number of carbonyl (C=O) groups is 2. The van der Waals surface area contributed by atoms with E-state index in [-0.39, 0.29) is 17.8 Å². The third-order valence-electron chi connectivity index (χ3n) is 2.21. The second-order valence-corrected chi connectivity index (χ2v) is 2.94. The van der Waals surface area contributed by atoms with Gasteiger partial charge in [-0.1, -0.05) is 13.3 Å². The normalized spacial score (nSPS) is 28.3. The van der Waals surface area contributed by atoms with E-state index in [0.717, 1.165) is 6.42 Å². The van der Waals surface area contributed by atoms with Crippen molar-refractivity contribution in [1.82, 2.24) is 5.32 Å². The maximum Gasteiger partial charge on any atom is 0.328 e. The summed E-state index contributed by atoms with van der Waals surface area (Å²) < 4.78 is 4.56. The van der Waals surface area contributed by atoms with Gasteiger partial charge in [0.25, 0.3) is 0 Å². The Morgan fingerprint density at radius 3 is 2.92 bits per heavy atom. The van der Waals surface area contributed by atoms with Gasteiger partial charge >= 0.3 is 5.97 Å². The molecule has 0 saturated carbocycles. The highest BCUT2D eigenvalue weighted by atomic mass is 16.5. The van der Waals surface area contributed by atoms with Crippen molar-refractivity contribution in [2.75, 3.05) is 7.11 Å². The number of hydrogen-bond acceptors (Lipinski definition) is 3. The van der Waals surface area contributed by atoms with Gasteiger partial charge in [-0.15, -0.1) is 0 Å². The molecular formula is C8H13NO3. The molecule has 1 N–H and O–H groups in total. The Bertz CT molecular complexity index is 202. The fourth-order valence-corrected chi connectivity index (χ4v) is 1.46. The van der Waals surface area contributed by atoms with Crippen LogP contribution in [0.3, 0.4) is 0 Å². The van der Waals surface area contributed by atoms with Crippen molar-refractivity contribution < 1.29 is 14.3 Å². The molecule has 0 radical (unpaired) electrons. The molecule has 4 heteroatoms. The van der Waals surface area contributed by atoms with Crippen molar-refractivity contribution in [2.45, 2.75) is 25.8 Å². The fraction of sp³-hybridized carbons (Fsp3) is 0.750. The summed E-state index contributed by atoms with van der Waals surface area (Å²) in [5.41, 5.74) is 0. The molecular weight excluding hydrogens is 158 g/mol. The molecule has 1 aliphatic rings. The van der Waals surface area contributed by atoms with Crippen LogP contribution >= 0.6 is 0 Å². The molecule has 0 spiro atoms. The summed E-state index contributed by atoms with van der Waals surface area (Å²) in [6.07, 6.45) is 1.26. The van der Waals surface area contributed by atoms with Crippen molar-refractivity contribution in [3.05, 3.63) is 0 Å². The third kappa shape index (κ3) is 1.57. The molecule has 1 rings (SSSR count). The van der Waals surface area contributed by atoms with Gasteiger partial charge < -0.3 is 10.1 Å². The quantitative estimate of drug-likeness (QED) is 0.598. The first-order valence-electron chi connectivity index (χ1n) is 4.06. The number of nitrogens with one attached hydrogen (secondary N) is 1. The lowest BCUT2D eigenvalue weighted by Crippen LogP contribution is -2.37. The summed E-state index contributed by atoms with van der Waals surface area (Å²) in [6, 6.07) is -0.424. The number of rotatable bonds is 2. The zero-order chi connectivity index (χ0) is 9.14. The van der Waals surface area contributed by atoms with Crippen LogP contribution in [0.1, 0.15) is 19.8 Å². The van der Waals surface area contributed by atoms with E-state index in [1.807, 2.05) is 6.92 Å². The van der Waals surface area contributed by atoms with Gasteiger partial charge in [0, 0.05) is 6.42 Å². The van der Waals surface area contributed by atoms with Crippen LogP contribution < -0.4 is 5.32 Å². The van der Waals surface area contributed by atoms with Crippen LogP contribution in [0, 0.1) is 5.92 Å². The Kier molecular flexibility index (Phi) is 2.68. The average molecular weight is 171 g/mol. The van der Waals surface area contributed by atoms with E-state index in [4.69, 9.17) is 0 Å². The molecule has 1 amide bonds. The molecule has 68 valence electrons. The minimum atomic E-state index is -0.424. The monoisotopic (exact) mass is 171 g/mol. The van der Waals surface area contributed by atoms with E-state index in [2.05, 4.69) is 10.1 Å². The summed E-state index contributed by atoms with van der Waals surface area (Å²) in [6.45, 7) is 1.96. The molecule has 1 heterocycles. The first kappa shape index (κ1) is 9.03. The third-order valence-corrected chi connectivity index (χ3v) is 2.21. The molecule has 0 aromatic heterocycles. The van der Waals surface area contributed by atoms with Crippen molar-refractivity contribution >= 4 is 11.9 Å². The molecule has 2 unspecified atom stereocenters. The highest BCUT2D eigenvalue weighted by Gasteiger charge is 2.36. The largest absolute Gasteiger partial charge is 0.467 e. The van der Waals surface area contributed by atoms with E-state index in [1.54, 1.807) is 0 Å². The Labute approximate surface area is 71.3 Å². The molecule has 1 saturated heterocycles. The summed E-state index contributed by atoms with van der Waals surface area (Å²) in [4.78, 5) is 22.0. The second-order valence-electron chi connectivity index (χ2n) is 2.94. The molecule has 12 heavy (non-hydrogen) atoms. The summed E-state index contributed by atoms with van der Waals surface area (Å²) in [7, 11) is 1.33. The average Bonchev–Trinajstić information content (AvgIpc) is 2.45. The van der Waals surface area contributed by atoms with Gasteiger partial charge in [0.2, 0.25) is 5.91 Å². The number of ether oxygens (including phenoxy) is 1. The topological polar surface area (TPSA) is 55.4 Å². The molecule has 4 nitrogen and oxygen atoms in total. The van der Waals surface area contributed by atoms with Crippen LogP contribution in [0.4, 0.5) is 0 Å². The van der Waals surface area contributed by atoms with Crippen molar-refractivity contribution in [3.8, 4) is 0 Å². The Balaban J connectivity index is 2.63. The zero-order valence-electron chi connectivity index (χ0n) is 7.29. The Morgan fingerprint density at radius 2 is 2.42 bits per heavy atom. The lowest BCUT2D eigenvalue weighted by Gasteiger charge is -2.13. The Hall–Kier alpha value is -1.06. The SMILES string of the molecule is CCC1CC(=O)NC1C(=O)OC. The lowest BCUT2D eigenvalue weighted by molar-refractivity contribution is -0.144. The number of hydrogen-bond donors (Lipinski definition) is 1. The summed E-state index contributed by atoms with van der Waals surface area (Å²) >= 11 is 0. The molecule has 0 aromatic rings. The van der Waals surface area contributed by atoms with Crippen LogP contribution in [0.25, 0.3) is 0 Å². The van der Waals surface area contributed by atoms with Crippen LogP contribution in [0.5, 0.6) is 0 Å². The maximum atomic E-state index is 11.1. The predicted molar refractivity (Wildman–Crippen MR) is 42.3 cm³/mol. The van der Waals surface area contributed by atoms with Gasteiger partial charge in [0.1, 0.15) is 6.04 Å². The minimum Gasteiger partial charge on any atom is -0.467 e. The zero-order valence-corrected chi connectivity index (χ0v) is 7.29. The Morgan fingerprint density at radius 1 is 1.75 bits per heavy atom. The summed E-state index contributed by atoms with van der Waals surface area (Å²) in [5.74, 6) is -0.296. The van der Waals surface area contributed by atoms with Gasteiger partial charge in [-0.25, -0.2) is 4.79 Å². The van der Waals surface area contributed by atoms with Crippen LogP contribution in [0.2, 0.25) is 0 Å². The number of carbonyl (C=O) groups excluding carboxylic acids is 2. The lowest BCUT2D eigenvalue weighted by atomic mass is 9.98. The molecule has 1 aliphatic heterocycles. The van der Waals surface area contributed by atoms with Gasteiger partial charge in [-0.2, -0.15) is 0 Å². The van der Waals surface area contributed by atoms with Crippen molar-refractivity contribution in [3.63, 3.8) is 0 Å². The fourth-order valence-electron chi connectivity index (χ4n) is 1.46. The standard InChI is InChI=1S/C8H13NO3/c1-3-5-4-6(10)9-7(5)8(11)12-2/h5,7H,3-4H2,1-2H3,(H,9,10). The molecule has 1 fully saturated rings. The number of esters is 1.